The number of rotatable bonds is 9. The van der Waals surface area contributed by atoms with Crippen LogP contribution in [0.2, 0.25) is 0 Å². The standard InChI is InChI=1S/C16H33N5O2S.HI/c1-14(24-4)12-18-16(19-13-15(22)20(2)3)17-6-5-7-21-8-10-23-11-9-21;/h14H,5-13H2,1-4H3,(H2,17,18,19);1H. The van der Waals surface area contributed by atoms with Crippen molar-refractivity contribution in [2.24, 2.45) is 4.99 Å². The van der Waals surface area contributed by atoms with Crippen LogP contribution in [0.25, 0.3) is 0 Å². The van der Waals surface area contributed by atoms with Gasteiger partial charge in [0.2, 0.25) is 5.91 Å². The number of carbonyl (C=O) groups excluding carboxylic acids is 1. The molecule has 0 spiro atoms. The van der Waals surface area contributed by atoms with E-state index >= 15 is 0 Å². The van der Waals surface area contributed by atoms with Crippen molar-refractivity contribution in [3.63, 3.8) is 0 Å². The highest BCUT2D eigenvalue weighted by molar-refractivity contribution is 14.0. The van der Waals surface area contributed by atoms with E-state index in [9.17, 15) is 4.79 Å². The number of ether oxygens (including phenoxy) is 1. The van der Waals surface area contributed by atoms with Crippen molar-refractivity contribution in [2.45, 2.75) is 18.6 Å². The molecular weight excluding hydrogens is 453 g/mol. The summed E-state index contributed by atoms with van der Waals surface area (Å²) < 4.78 is 5.36. The number of carbonyl (C=O) groups is 1. The lowest BCUT2D eigenvalue weighted by molar-refractivity contribution is -0.127. The highest BCUT2D eigenvalue weighted by Gasteiger charge is 2.10. The fourth-order valence-corrected chi connectivity index (χ4v) is 2.37. The van der Waals surface area contributed by atoms with Crippen LogP contribution in [0.5, 0.6) is 0 Å². The summed E-state index contributed by atoms with van der Waals surface area (Å²) in [6.07, 6.45) is 3.13. The molecule has 0 aromatic heterocycles. The van der Waals surface area contributed by atoms with E-state index in [1.165, 1.54) is 0 Å². The average molecular weight is 487 g/mol. The number of hydrogen-bond donors (Lipinski definition) is 2. The zero-order valence-electron chi connectivity index (χ0n) is 15.9. The first-order valence-electron chi connectivity index (χ1n) is 8.58. The summed E-state index contributed by atoms with van der Waals surface area (Å²) in [7, 11) is 3.49. The van der Waals surface area contributed by atoms with Gasteiger partial charge in [0, 0.05) is 45.5 Å². The van der Waals surface area contributed by atoms with Gasteiger partial charge in [-0.25, -0.2) is 4.99 Å². The maximum atomic E-state index is 11.7. The molecule has 1 aliphatic heterocycles. The first-order valence-corrected chi connectivity index (χ1v) is 9.87. The van der Waals surface area contributed by atoms with Crippen LogP contribution in [0.4, 0.5) is 0 Å². The Morgan fingerprint density at radius 3 is 2.60 bits per heavy atom. The number of halogens is 1. The summed E-state index contributed by atoms with van der Waals surface area (Å²) in [6.45, 7) is 8.75. The highest BCUT2D eigenvalue weighted by Crippen LogP contribution is 2.02. The minimum absolute atomic E-state index is 0. The molecule has 0 radical (unpaired) electrons. The molecule has 25 heavy (non-hydrogen) atoms. The van der Waals surface area contributed by atoms with Gasteiger partial charge in [0.05, 0.1) is 13.2 Å². The second-order valence-corrected chi connectivity index (χ2v) is 7.39. The molecule has 1 unspecified atom stereocenters. The van der Waals surface area contributed by atoms with Gasteiger partial charge in [-0.2, -0.15) is 11.8 Å². The van der Waals surface area contributed by atoms with Gasteiger partial charge >= 0.3 is 0 Å². The molecular formula is C16H34IN5O2S. The van der Waals surface area contributed by atoms with Crippen LogP contribution in [0.1, 0.15) is 13.3 Å². The molecule has 7 nitrogen and oxygen atoms in total. The Bertz CT molecular complexity index is 393. The largest absolute Gasteiger partial charge is 0.379 e. The molecule has 1 saturated heterocycles. The van der Waals surface area contributed by atoms with E-state index in [1.54, 1.807) is 30.8 Å². The van der Waals surface area contributed by atoms with Gasteiger partial charge in [0.25, 0.3) is 0 Å². The number of thioether (sulfide) groups is 1. The van der Waals surface area contributed by atoms with Gasteiger partial charge in [-0.3, -0.25) is 9.69 Å². The molecule has 0 bridgehead atoms. The molecule has 1 fully saturated rings. The van der Waals surface area contributed by atoms with E-state index in [2.05, 4.69) is 33.7 Å². The maximum Gasteiger partial charge on any atom is 0.243 e. The molecule has 0 aromatic rings. The summed E-state index contributed by atoms with van der Waals surface area (Å²) in [5.41, 5.74) is 0. The second-order valence-electron chi connectivity index (χ2n) is 6.11. The van der Waals surface area contributed by atoms with Crippen LogP contribution in [0.3, 0.4) is 0 Å². The number of nitrogens with one attached hydrogen (secondary N) is 2. The van der Waals surface area contributed by atoms with Crippen LogP contribution < -0.4 is 10.6 Å². The van der Waals surface area contributed by atoms with E-state index in [0.717, 1.165) is 52.4 Å². The van der Waals surface area contributed by atoms with Gasteiger partial charge < -0.3 is 20.3 Å². The second kappa shape index (κ2) is 14.9. The smallest absolute Gasteiger partial charge is 0.243 e. The Kier molecular flexibility index (Phi) is 14.7. The van der Waals surface area contributed by atoms with E-state index in [-0.39, 0.29) is 36.4 Å². The lowest BCUT2D eigenvalue weighted by Crippen LogP contribution is -2.42. The van der Waals surface area contributed by atoms with Crippen LogP contribution in [0.15, 0.2) is 4.99 Å². The van der Waals surface area contributed by atoms with Gasteiger partial charge in [-0.05, 0) is 19.2 Å². The first-order chi connectivity index (χ1) is 11.5. The zero-order chi connectivity index (χ0) is 17.8. The third-order valence-corrected chi connectivity index (χ3v) is 4.85. The number of morpholine rings is 1. The first kappa shape index (κ1) is 24.7. The lowest BCUT2D eigenvalue weighted by atomic mass is 10.3. The minimum atomic E-state index is 0. The monoisotopic (exact) mass is 487 g/mol. The van der Waals surface area contributed by atoms with Crippen LogP contribution in [-0.2, 0) is 9.53 Å². The van der Waals surface area contributed by atoms with Crippen molar-refractivity contribution in [1.82, 2.24) is 20.4 Å². The highest BCUT2D eigenvalue weighted by atomic mass is 127. The Morgan fingerprint density at radius 2 is 2.00 bits per heavy atom. The molecule has 148 valence electrons. The maximum absolute atomic E-state index is 11.7. The normalized spacial score (nSPS) is 16.7. The molecule has 1 heterocycles. The summed E-state index contributed by atoms with van der Waals surface area (Å²) in [5.74, 6) is 0.718. The molecule has 1 aliphatic rings. The topological polar surface area (TPSA) is 69.2 Å². The van der Waals surface area contributed by atoms with Crippen LogP contribution in [-0.4, -0.2) is 99.7 Å². The van der Waals surface area contributed by atoms with Crippen molar-refractivity contribution in [3.05, 3.63) is 0 Å². The zero-order valence-corrected chi connectivity index (χ0v) is 19.1. The van der Waals surface area contributed by atoms with E-state index in [4.69, 9.17) is 4.74 Å². The third-order valence-electron chi connectivity index (χ3n) is 3.88. The van der Waals surface area contributed by atoms with Crippen molar-refractivity contribution in [3.8, 4) is 0 Å². The SMILES string of the molecule is CSC(C)CNC(=NCC(=O)N(C)C)NCCCN1CCOCC1.I. The van der Waals surface area contributed by atoms with E-state index < -0.39 is 0 Å². The number of nitrogens with zero attached hydrogens (tertiary/aromatic N) is 3. The fourth-order valence-electron chi connectivity index (χ4n) is 2.12. The predicted molar refractivity (Wildman–Crippen MR) is 117 cm³/mol. The predicted octanol–water partition coefficient (Wildman–Crippen LogP) is 0.702. The third kappa shape index (κ3) is 11.9. The quantitative estimate of drug-likeness (QED) is 0.216. The molecule has 9 heteroatoms. The molecule has 0 aromatic carbocycles. The van der Waals surface area contributed by atoms with Crippen LogP contribution in [0, 0.1) is 0 Å². The van der Waals surface area contributed by atoms with Gasteiger partial charge in [-0.1, -0.05) is 6.92 Å². The molecule has 1 amide bonds. The summed E-state index contributed by atoms with van der Waals surface area (Å²) in [4.78, 5) is 20.1. The van der Waals surface area contributed by atoms with Gasteiger partial charge in [0.1, 0.15) is 6.54 Å². The van der Waals surface area contributed by atoms with Crippen LogP contribution >= 0.6 is 35.7 Å². The number of hydrogen-bond acceptors (Lipinski definition) is 5. The van der Waals surface area contributed by atoms with Crippen molar-refractivity contribution in [2.75, 3.05) is 72.8 Å². The number of aliphatic imine (C=N–C) groups is 1. The molecule has 0 saturated carbocycles. The van der Waals surface area contributed by atoms with Crippen molar-refractivity contribution in [1.29, 1.82) is 0 Å². The van der Waals surface area contributed by atoms with Crippen molar-refractivity contribution >= 4 is 47.6 Å². The Morgan fingerprint density at radius 1 is 1.32 bits per heavy atom. The van der Waals surface area contributed by atoms with E-state index in [1.807, 2.05) is 0 Å². The lowest BCUT2D eigenvalue weighted by Gasteiger charge is -2.26. The number of amides is 1. The molecule has 0 aliphatic carbocycles. The van der Waals surface area contributed by atoms with E-state index in [0.29, 0.717) is 11.2 Å². The minimum Gasteiger partial charge on any atom is -0.379 e. The Labute approximate surface area is 173 Å². The van der Waals surface area contributed by atoms with Gasteiger partial charge in [0.15, 0.2) is 5.96 Å². The van der Waals surface area contributed by atoms with Gasteiger partial charge in [-0.15, -0.1) is 24.0 Å². The molecule has 1 atom stereocenters. The molecule has 1 rings (SSSR count). The number of likely N-dealkylation sites (N-methyl/N-ethyl adjacent to an activating group) is 1. The summed E-state index contributed by atoms with van der Waals surface area (Å²) >= 11 is 1.80. The Hall–Kier alpha value is -0.260. The fraction of sp³-hybridized carbons (Fsp3) is 0.875. The molecule has 2 N–H and O–H groups in total. The Balaban J connectivity index is 0.00000576. The van der Waals surface area contributed by atoms with Crippen molar-refractivity contribution < 1.29 is 9.53 Å². The summed E-state index contributed by atoms with van der Waals surface area (Å²) in [5, 5.41) is 7.15. The average Bonchev–Trinajstić information content (AvgIpc) is 2.60. The summed E-state index contributed by atoms with van der Waals surface area (Å²) in [6, 6.07) is 0. The number of guanidine groups is 1.